The van der Waals surface area contributed by atoms with Gasteiger partial charge in [0.05, 0.1) is 23.1 Å². The van der Waals surface area contributed by atoms with E-state index in [0.717, 1.165) is 11.1 Å². The van der Waals surface area contributed by atoms with E-state index in [1.54, 1.807) is 18.2 Å². The Morgan fingerprint density at radius 3 is 2.56 bits per heavy atom. The molecule has 0 saturated carbocycles. The highest BCUT2D eigenvalue weighted by atomic mass is 32.2. The fourth-order valence-electron chi connectivity index (χ4n) is 1.55. The van der Waals surface area contributed by atoms with Gasteiger partial charge in [0.15, 0.2) is 9.84 Å². The largest absolute Gasteiger partial charge is 0.228 e. The Morgan fingerprint density at radius 1 is 1.38 bits per heavy atom. The van der Waals surface area contributed by atoms with Crippen LogP contribution in [0, 0.1) is 18.3 Å². The van der Waals surface area contributed by atoms with Crippen LogP contribution in [-0.2, 0) is 15.6 Å². The number of rotatable bonds is 4. The van der Waals surface area contributed by atoms with Crippen LogP contribution in [0.2, 0.25) is 0 Å². The van der Waals surface area contributed by atoms with Gasteiger partial charge in [-0.25, -0.2) is 8.42 Å². The fourth-order valence-corrected chi connectivity index (χ4v) is 3.11. The molecule has 0 heterocycles. The topological polar surface area (TPSA) is 57.9 Å². The molecule has 0 amide bonds. The van der Waals surface area contributed by atoms with Crippen LogP contribution in [0.25, 0.3) is 0 Å². The number of sulfone groups is 1. The van der Waals surface area contributed by atoms with Gasteiger partial charge in [0.25, 0.3) is 0 Å². The number of aryl methyl sites for hydroxylation is 1. The lowest BCUT2D eigenvalue weighted by atomic mass is 10.1. The molecule has 0 atom stereocenters. The van der Waals surface area contributed by atoms with Gasteiger partial charge in [-0.2, -0.15) is 5.26 Å². The lowest BCUT2D eigenvalue weighted by Crippen LogP contribution is -2.09. The van der Waals surface area contributed by atoms with Gasteiger partial charge in [-0.3, -0.25) is 0 Å². The highest BCUT2D eigenvalue weighted by molar-refractivity contribution is 7.90. The molecule has 1 aromatic carbocycles. The quantitative estimate of drug-likeness (QED) is 0.806. The molecule has 0 radical (unpaired) electrons. The van der Waals surface area contributed by atoms with Crippen LogP contribution in [0.15, 0.2) is 18.2 Å². The maximum atomic E-state index is 11.6. The van der Waals surface area contributed by atoms with Crippen molar-refractivity contribution in [3.8, 4) is 6.07 Å². The lowest BCUT2D eigenvalue weighted by molar-refractivity contribution is 0.594. The van der Waals surface area contributed by atoms with Crippen molar-refractivity contribution in [2.45, 2.75) is 26.0 Å². The monoisotopic (exact) mass is 237 g/mol. The molecule has 0 N–H and O–H groups in total. The molecular weight excluding hydrogens is 222 g/mol. The summed E-state index contributed by atoms with van der Waals surface area (Å²) in [6.07, 6.45) is 0.637. The van der Waals surface area contributed by atoms with E-state index in [-0.39, 0.29) is 11.5 Å². The zero-order valence-electron chi connectivity index (χ0n) is 9.53. The molecule has 0 aromatic heterocycles. The van der Waals surface area contributed by atoms with Crippen molar-refractivity contribution >= 4 is 9.84 Å². The van der Waals surface area contributed by atoms with Crippen molar-refractivity contribution in [3.05, 3.63) is 34.9 Å². The molecule has 0 spiro atoms. The van der Waals surface area contributed by atoms with E-state index in [0.29, 0.717) is 12.0 Å². The average Bonchev–Trinajstić information content (AvgIpc) is 2.20. The normalized spacial score (nSPS) is 11.1. The highest BCUT2D eigenvalue weighted by Gasteiger charge is 2.12. The summed E-state index contributed by atoms with van der Waals surface area (Å²) >= 11 is 0. The molecule has 3 nitrogen and oxygen atoms in total. The number of hydrogen-bond donors (Lipinski definition) is 0. The van der Waals surface area contributed by atoms with E-state index in [1.165, 1.54) is 0 Å². The molecule has 1 aromatic rings. The molecule has 0 bridgehead atoms. The van der Waals surface area contributed by atoms with Gasteiger partial charge in [-0.15, -0.1) is 0 Å². The van der Waals surface area contributed by atoms with Gasteiger partial charge in [-0.05, 0) is 36.6 Å². The molecule has 86 valence electrons. The van der Waals surface area contributed by atoms with Crippen LogP contribution < -0.4 is 0 Å². The number of nitriles is 1. The van der Waals surface area contributed by atoms with Crippen LogP contribution in [0.5, 0.6) is 0 Å². The van der Waals surface area contributed by atoms with Crippen molar-refractivity contribution < 1.29 is 8.42 Å². The second-order valence-electron chi connectivity index (χ2n) is 3.85. The van der Waals surface area contributed by atoms with Crippen molar-refractivity contribution in [1.82, 2.24) is 0 Å². The van der Waals surface area contributed by atoms with Gasteiger partial charge >= 0.3 is 0 Å². The first-order valence-electron chi connectivity index (χ1n) is 5.18. The Kier molecular flexibility index (Phi) is 4.08. The van der Waals surface area contributed by atoms with Gasteiger partial charge in [0, 0.05) is 0 Å². The maximum absolute atomic E-state index is 11.6. The third kappa shape index (κ3) is 3.35. The third-order valence-electron chi connectivity index (χ3n) is 2.36. The van der Waals surface area contributed by atoms with E-state index in [4.69, 9.17) is 5.26 Å². The zero-order chi connectivity index (χ0) is 12.2. The minimum atomic E-state index is -3.01. The summed E-state index contributed by atoms with van der Waals surface area (Å²) in [7, 11) is -3.01. The van der Waals surface area contributed by atoms with Crippen LogP contribution in [-0.4, -0.2) is 14.2 Å². The predicted octanol–water partition coefficient (Wildman–Crippen LogP) is 2.19. The minimum absolute atomic E-state index is 0.0678. The molecule has 0 saturated heterocycles. The lowest BCUT2D eigenvalue weighted by Gasteiger charge is -2.06. The fraction of sp³-hybridized carbons (Fsp3) is 0.417. The molecule has 1 rings (SSSR count). The van der Waals surface area contributed by atoms with E-state index in [1.807, 2.05) is 19.9 Å². The smallest absolute Gasteiger partial charge is 0.154 e. The van der Waals surface area contributed by atoms with Crippen LogP contribution in [0.1, 0.15) is 30.0 Å². The molecule has 0 fully saturated rings. The third-order valence-corrected chi connectivity index (χ3v) is 4.14. The van der Waals surface area contributed by atoms with Gasteiger partial charge < -0.3 is 0 Å². The SMILES string of the molecule is CCCS(=O)(=O)Cc1ccc(C#N)cc1C. The van der Waals surface area contributed by atoms with E-state index in [9.17, 15) is 8.42 Å². The zero-order valence-corrected chi connectivity index (χ0v) is 10.3. The molecular formula is C12H15NO2S. The number of benzene rings is 1. The Morgan fingerprint density at radius 2 is 2.06 bits per heavy atom. The minimum Gasteiger partial charge on any atom is -0.228 e. The summed E-state index contributed by atoms with van der Waals surface area (Å²) in [5, 5.41) is 8.70. The van der Waals surface area contributed by atoms with Crippen LogP contribution in [0.4, 0.5) is 0 Å². The summed E-state index contributed by atoms with van der Waals surface area (Å²) in [5.74, 6) is 0.283. The second kappa shape index (κ2) is 5.13. The highest BCUT2D eigenvalue weighted by Crippen LogP contribution is 2.14. The Labute approximate surface area is 96.6 Å². The second-order valence-corrected chi connectivity index (χ2v) is 6.03. The Balaban J connectivity index is 2.96. The molecule has 0 aliphatic heterocycles. The van der Waals surface area contributed by atoms with E-state index in [2.05, 4.69) is 0 Å². The Hall–Kier alpha value is -1.34. The first-order valence-corrected chi connectivity index (χ1v) is 7.00. The first kappa shape index (κ1) is 12.7. The summed E-state index contributed by atoms with van der Waals surface area (Å²) in [4.78, 5) is 0. The van der Waals surface area contributed by atoms with Crippen molar-refractivity contribution in [1.29, 1.82) is 5.26 Å². The molecule has 0 aliphatic carbocycles. The van der Waals surface area contributed by atoms with Crippen molar-refractivity contribution in [2.24, 2.45) is 0 Å². The van der Waals surface area contributed by atoms with Gasteiger partial charge in [0.2, 0.25) is 0 Å². The molecule has 16 heavy (non-hydrogen) atoms. The summed E-state index contributed by atoms with van der Waals surface area (Å²) in [5.41, 5.74) is 2.21. The molecule has 0 unspecified atom stereocenters. The van der Waals surface area contributed by atoms with Gasteiger partial charge in [-0.1, -0.05) is 13.0 Å². The van der Waals surface area contributed by atoms with E-state index >= 15 is 0 Å². The molecule has 0 aliphatic rings. The first-order chi connectivity index (χ1) is 7.48. The van der Waals surface area contributed by atoms with Gasteiger partial charge in [0.1, 0.15) is 0 Å². The molecule has 4 heteroatoms. The summed E-state index contributed by atoms with van der Waals surface area (Å²) in [6.45, 7) is 3.68. The number of nitrogens with zero attached hydrogens (tertiary/aromatic N) is 1. The predicted molar refractivity (Wildman–Crippen MR) is 63.7 cm³/mol. The maximum Gasteiger partial charge on any atom is 0.154 e. The van der Waals surface area contributed by atoms with E-state index < -0.39 is 9.84 Å². The Bertz CT molecular complexity index is 512. The van der Waals surface area contributed by atoms with Crippen molar-refractivity contribution in [3.63, 3.8) is 0 Å². The average molecular weight is 237 g/mol. The van der Waals surface area contributed by atoms with Crippen LogP contribution >= 0.6 is 0 Å². The van der Waals surface area contributed by atoms with Crippen molar-refractivity contribution in [2.75, 3.05) is 5.75 Å². The standard InChI is InChI=1S/C12H15NO2S/c1-3-6-16(14,15)9-12-5-4-11(8-13)7-10(12)2/h4-5,7H,3,6,9H2,1-2H3. The van der Waals surface area contributed by atoms with Crippen LogP contribution in [0.3, 0.4) is 0 Å². The summed E-state index contributed by atoms with van der Waals surface area (Å²) in [6, 6.07) is 7.13. The number of hydrogen-bond acceptors (Lipinski definition) is 3. The summed E-state index contributed by atoms with van der Waals surface area (Å²) < 4.78 is 23.3.